The van der Waals surface area contributed by atoms with Crippen LogP contribution in [0.3, 0.4) is 0 Å². The van der Waals surface area contributed by atoms with Crippen LogP contribution in [0.2, 0.25) is 0 Å². The Morgan fingerprint density at radius 2 is 1.86 bits per heavy atom. The Hall–Kier alpha value is -1.59. The summed E-state index contributed by atoms with van der Waals surface area (Å²) in [6, 6.07) is 8.29. The minimum Gasteiger partial charge on any atom is -0.481 e. The fourth-order valence-electron chi connectivity index (χ4n) is 2.91. The van der Waals surface area contributed by atoms with E-state index in [1.54, 1.807) is 0 Å². The van der Waals surface area contributed by atoms with Gasteiger partial charge in [-0.3, -0.25) is 9.69 Å². The summed E-state index contributed by atoms with van der Waals surface area (Å²) in [6.45, 7) is 8.40. The van der Waals surface area contributed by atoms with E-state index in [1.807, 2.05) is 24.3 Å². The summed E-state index contributed by atoms with van der Waals surface area (Å²) in [7, 11) is 0. The maximum atomic E-state index is 11.4. The zero-order valence-electron chi connectivity index (χ0n) is 12.8. The Morgan fingerprint density at radius 3 is 2.38 bits per heavy atom. The molecule has 1 saturated heterocycles. The number of nitrogens with two attached hydrogens (primary N) is 1. The number of para-hydroxylation sites is 1. The van der Waals surface area contributed by atoms with Crippen LogP contribution in [0.1, 0.15) is 25.3 Å². The Morgan fingerprint density at radius 1 is 1.24 bits per heavy atom. The molecule has 1 aliphatic heterocycles. The van der Waals surface area contributed by atoms with Gasteiger partial charge in [0.2, 0.25) is 0 Å². The highest BCUT2D eigenvalue weighted by atomic mass is 16.4. The first-order valence-corrected chi connectivity index (χ1v) is 7.55. The third kappa shape index (κ3) is 3.54. The molecule has 1 aromatic rings. The number of piperazine rings is 1. The van der Waals surface area contributed by atoms with Crippen molar-refractivity contribution in [3.63, 3.8) is 0 Å². The van der Waals surface area contributed by atoms with Crippen molar-refractivity contribution in [3.8, 4) is 0 Å². The third-order valence-corrected chi connectivity index (χ3v) is 4.23. The number of hydrogen-bond donors (Lipinski definition) is 2. The first-order valence-electron chi connectivity index (χ1n) is 7.55. The number of carbonyl (C=O) groups is 1. The molecule has 1 fully saturated rings. The molecule has 2 rings (SSSR count). The van der Waals surface area contributed by atoms with Gasteiger partial charge in [-0.05, 0) is 25.5 Å². The molecule has 0 saturated carbocycles. The van der Waals surface area contributed by atoms with Gasteiger partial charge >= 0.3 is 5.97 Å². The van der Waals surface area contributed by atoms with E-state index in [0.717, 1.165) is 37.4 Å². The van der Waals surface area contributed by atoms with Gasteiger partial charge in [0.15, 0.2) is 0 Å². The zero-order chi connectivity index (χ0) is 15.4. The van der Waals surface area contributed by atoms with Crippen molar-refractivity contribution in [2.45, 2.75) is 25.8 Å². The van der Waals surface area contributed by atoms with E-state index in [9.17, 15) is 9.90 Å². The van der Waals surface area contributed by atoms with E-state index in [-0.39, 0.29) is 6.54 Å². The third-order valence-electron chi connectivity index (χ3n) is 4.23. The Bertz CT molecular complexity index is 482. The van der Waals surface area contributed by atoms with Gasteiger partial charge in [-0.25, -0.2) is 0 Å². The predicted octanol–water partition coefficient (Wildman–Crippen LogP) is 1.34. The van der Waals surface area contributed by atoms with E-state index < -0.39 is 11.9 Å². The molecular weight excluding hydrogens is 266 g/mol. The minimum atomic E-state index is -0.856. The maximum Gasteiger partial charge on any atom is 0.312 e. The van der Waals surface area contributed by atoms with Crippen molar-refractivity contribution in [1.29, 1.82) is 0 Å². The highest BCUT2D eigenvalue weighted by molar-refractivity contribution is 5.79. The van der Waals surface area contributed by atoms with Gasteiger partial charge in [0.25, 0.3) is 0 Å². The fraction of sp³-hybridized carbons (Fsp3) is 0.562. The number of benzene rings is 1. The number of aliphatic carboxylic acids is 1. The standard InChI is InChI=1S/C16H25N3O2/c1-12(2)18-7-9-19(10-8-18)15-6-4-3-5-13(15)14(11-17)16(20)21/h3-6,12,14H,7-11,17H2,1-2H3,(H,20,21). The van der Waals surface area contributed by atoms with Gasteiger partial charge in [0.1, 0.15) is 0 Å². The molecule has 0 radical (unpaired) electrons. The molecule has 3 N–H and O–H groups in total. The topological polar surface area (TPSA) is 69.8 Å². The van der Waals surface area contributed by atoms with Crippen molar-refractivity contribution >= 4 is 11.7 Å². The van der Waals surface area contributed by atoms with E-state index >= 15 is 0 Å². The Kier molecular flexibility index (Phi) is 5.20. The summed E-state index contributed by atoms with van der Waals surface area (Å²) < 4.78 is 0. The summed E-state index contributed by atoms with van der Waals surface area (Å²) in [5.41, 5.74) is 7.50. The molecule has 0 bridgehead atoms. The van der Waals surface area contributed by atoms with Crippen LogP contribution in [0, 0.1) is 0 Å². The second kappa shape index (κ2) is 6.91. The number of anilines is 1. The first kappa shape index (κ1) is 15.8. The Balaban J connectivity index is 2.19. The summed E-state index contributed by atoms with van der Waals surface area (Å²) >= 11 is 0. The van der Waals surface area contributed by atoms with Crippen molar-refractivity contribution in [2.75, 3.05) is 37.6 Å². The second-order valence-corrected chi connectivity index (χ2v) is 5.80. The Labute approximate surface area is 126 Å². The number of carboxylic acid groups (broad SMARTS) is 1. The van der Waals surface area contributed by atoms with Crippen LogP contribution in [0.15, 0.2) is 24.3 Å². The molecule has 5 nitrogen and oxygen atoms in total. The van der Waals surface area contributed by atoms with Crippen molar-refractivity contribution in [2.24, 2.45) is 5.73 Å². The zero-order valence-corrected chi connectivity index (χ0v) is 12.8. The van der Waals surface area contributed by atoms with E-state index in [4.69, 9.17) is 5.73 Å². The second-order valence-electron chi connectivity index (χ2n) is 5.80. The number of hydrogen-bond acceptors (Lipinski definition) is 4. The molecule has 1 unspecified atom stereocenters. The van der Waals surface area contributed by atoms with E-state index in [2.05, 4.69) is 23.6 Å². The molecule has 116 valence electrons. The highest BCUT2D eigenvalue weighted by Crippen LogP contribution is 2.28. The summed E-state index contributed by atoms with van der Waals surface area (Å²) in [5.74, 6) is -1.49. The van der Waals surface area contributed by atoms with Crippen LogP contribution in [0.4, 0.5) is 5.69 Å². The van der Waals surface area contributed by atoms with E-state index in [0.29, 0.717) is 6.04 Å². The number of nitrogens with zero attached hydrogens (tertiary/aromatic N) is 2. The molecule has 5 heteroatoms. The normalized spacial score (nSPS) is 18.0. The van der Waals surface area contributed by atoms with Gasteiger partial charge in [0.05, 0.1) is 5.92 Å². The van der Waals surface area contributed by atoms with Gasteiger partial charge < -0.3 is 15.7 Å². The van der Waals surface area contributed by atoms with Gasteiger partial charge in [0, 0.05) is 44.5 Å². The van der Waals surface area contributed by atoms with Crippen molar-refractivity contribution in [1.82, 2.24) is 4.90 Å². The predicted molar refractivity (Wildman–Crippen MR) is 84.8 cm³/mol. The van der Waals surface area contributed by atoms with Crippen LogP contribution in [0.5, 0.6) is 0 Å². The van der Waals surface area contributed by atoms with Crippen LogP contribution in [0.25, 0.3) is 0 Å². The monoisotopic (exact) mass is 291 g/mol. The molecule has 0 amide bonds. The van der Waals surface area contributed by atoms with Crippen LogP contribution < -0.4 is 10.6 Å². The van der Waals surface area contributed by atoms with Crippen LogP contribution in [-0.2, 0) is 4.79 Å². The lowest BCUT2D eigenvalue weighted by Gasteiger charge is -2.39. The molecular formula is C16H25N3O2. The molecule has 0 aliphatic carbocycles. The lowest BCUT2D eigenvalue weighted by molar-refractivity contribution is -0.138. The molecule has 1 aromatic carbocycles. The SMILES string of the molecule is CC(C)N1CCN(c2ccccc2C(CN)C(=O)O)CC1. The summed E-state index contributed by atoms with van der Waals surface area (Å²) in [6.07, 6.45) is 0. The average Bonchev–Trinajstić information content (AvgIpc) is 2.48. The summed E-state index contributed by atoms with van der Waals surface area (Å²) in [5, 5.41) is 9.36. The van der Waals surface area contributed by atoms with Crippen molar-refractivity contribution in [3.05, 3.63) is 29.8 Å². The lowest BCUT2D eigenvalue weighted by atomic mass is 9.96. The van der Waals surface area contributed by atoms with Gasteiger partial charge in [-0.2, -0.15) is 0 Å². The average molecular weight is 291 g/mol. The lowest BCUT2D eigenvalue weighted by Crippen LogP contribution is -2.49. The maximum absolute atomic E-state index is 11.4. The molecule has 0 spiro atoms. The van der Waals surface area contributed by atoms with Gasteiger partial charge in [-0.15, -0.1) is 0 Å². The number of rotatable bonds is 5. The number of carboxylic acids is 1. The largest absolute Gasteiger partial charge is 0.481 e. The van der Waals surface area contributed by atoms with Gasteiger partial charge in [-0.1, -0.05) is 18.2 Å². The molecule has 0 aromatic heterocycles. The minimum absolute atomic E-state index is 0.123. The molecule has 1 aliphatic rings. The fourth-order valence-corrected chi connectivity index (χ4v) is 2.91. The first-order chi connectivity index (χ1) is 10.0. The quantitative estimate of drug-likeness (QED) is 0.857. The van der Waals surface area contributed by atoms with Crippen LogP contribution in [-0.4, -0.2) is 54.7 Å². The molecule has 21 heavy (non-hydrogen) atoms. The smallest absolute Gasteiger partial charge is 0.312 e. The summed E-state index contributed by atoms with van der Waals surface area (Å²) in [4.78, 5) is 16.1. The van der Waals surface area contributed by atoms with E-state index in [1.165, 1.54) is 0 Å². The highest BCUT2D eigenvalue weighted by Gasteiger charge is 2.25. The molecule has 1 atom stereocenters. The molecule has 1 heterocycles. The van der Waals surface area contributed by atoms with Crippen LogP contribution >= 0.6 is 0 Å². The van der Waals surface area contributed by atoms with Crippen molar-refractivity contribution < 1.29 is 9.90 Å².